The van der Waals surface area contributed by atoms with Crippen LogP contribution in [0.25, 0.3) is 11.0 Å². The predicted molar refractivity (Wildman–Crippen MR) is 96.2 cm³/mol. The molecular formula is C19H24N4O3. The lowest BCUT2D eigenvalue weighted by Crippen LogP contribution is -2.56. The zero-order valence-corrected chi connectivity index (χ0v) is 15.1. The fourth-order valence-electron chi connectivity index (χ4n) is 4.51. The number of carbonyl (C=O) groups excluding carboxylic acids is 2. The highest BCUT2D eigenvalue weighted by atomic mass is 16.5. The second-order valence-corrected chi connectivity index (χ2v) is 7.17. The van der Waals surface area contributed by atoms with E-state index >= 15 is 0 Å². The standard InChI is InChI=1S/C19H24N4O3/c1-3-16-13(19(25)26-2)8-12-9-22(11-18(24)23(12)16)10-17-20-14-6-4-5-7-15(14)21-17/h4-7,12-13,16H,3,8-11H2,1-2H3,(H,20,21)/t12-,13-,16-/m0/s1. The highest BCUT2D eigenvalue weighted by Gasteiger charge is 2.49. The molecule has 4 rings (SSSR count). The monoisotopic (exact) mass is 356 g/mol. The molecule has 2 aliphatic rings. The first-order chi connectivity index (χ1) is 12.6. The number of amides is 1. The number of esters is 1. The molecule has 0 saturated carbocycles. The van der Waals surface area contributed by atoms with Gasteiger partial charge in [-0.15, -0.1) is 0 Å². The van der Waals surface area contributed by atoms with Gasteiger partial charge in [-0.25, -0.2) is 4.98 Å². The van der Waals surface area contributed by atoms with Crippen LogP contribution >= 0.6 is 0 Å². The number of imidazole rings is 1. The van der Waals surface area contributed by atoms with Gasteiger partial charge in [-0.2, -0.15) is 0 Å². The number of aromatic amines is 1. The molecule has 0 aliphatic carbocycles. The van der Waals surface area contributed by atoms with Gasteiger partial charge >= 0.3 is 5.97 Å². The van der Waals surface area contributed by atoms with Gasteiger partial charge < -0.3 is 14.6 Å². The number of H-pyrrole nitrogens is 1. The Balaban J connectivity index is 1.50. The third-order valence-corrected chi connectivity index (χ3v) is 5.59. The van der Waals surface area contributed by atoms with Crippen molar-refractivity contribution in [3.63, 3.8) is 0 Å². The zero-order valence-electron chi connectivity index (χ0n) is 15.1. The van der Waals surface area contributed by atoms with Gasteiger partial charge in [0.05, 0.1) is 37.2 Å². The Morgan fingerprint density at radius 1 is 1.38 bits per heavy atom. The number of para-hydroxylation sites is 2. The molecule has 7 nitrogen and oxygen atoms in total. The number of hydrogen-bond donors (Lipinski definition) is 1. The van der Waals surface area contributed by atoms with E-state index in [-0.39, 0.29) is 29.9 Å². The molecule has 3 heterocycles. The van der Waals surface area contributed by atoms with E-state index in [4.69, 9.17) is 4.74 Å². The number of fused-ring (bicyclic) bond motifs is 2. The Kier molecular flexibility index (Phi) is 4.40. The van der Waals surface area contributed by atoms with Gasteiger partial charge in [0, 0.05) is 18.6 Å². The van der Waals surface area contributed by atoms with E-state index < -0.39 is 0 Å². The number of nitrogens with one attached hydrogen (secondary N) is 1. The first kappa shape index (κ1) is 17.0. The van der Waals surface area contributed by atoms with Crippen molar-refractivity contribution in [2.24, 2.45) is 5.92 Å². The average Bonchev–Trinajstić information content (AvgIpc) is 3.21. The van der Waals surface area contributed by atoms with Gasteiger partial charge in [0.1, 0.15) is 5.82 Å². The van der Waals surface area contributed by atoms with Crippen LogP contribution in [0.4, 0.5) is 0 Å². The maximum absolute atomic E-state index is 12.8. The molecule has 2 aromatic rings. The largest absolute Gasteiger partial charge is 0.469 e. The van der Waals surface area contributed by atoms with E-state index in [1.165, 1.54) is 7.11 Å². The molecule has 26 heavy (non-hydrogen) atoms. The molecule has 138 valence electrons. The summed E-state index contributed by atoms with van der Waals surface area (Å²) in [5.41, 5.74) is 1.94. The van der Waals surface area contributed by atoms with Crippen LogP contribution in [0, 0.1) is 5.92 Å². The van der Waals surface area contributed by atoms with Gasteiger partial charge in [-0.3, -0.25) is 14.5 Å². The van der Waals surface area contributed by atoms with Crippen molar-refractivity contribution in [2.75, 3.05) is 20.2 Å². The Hall–Kier alpha value is -2.41. The van der Waals surface area contributed by atoms with Crippen LogP contribution < -0.4 is 0 Å². The minimum atomic E-state index is -0.217. The third-order valence-electron chi connectivity index (χ3n) is 5.59. The first-order valence-electron chi connectivity index (χ1n) is 9.15. The lowest BCUT2D eigenvalue weighted by Gasteiger charge is -2.39. The Morgan fingerprint density at radius 2 is 2.19 bits per heavy atom. The normalized spacial score (nSPS) is 26.3. The first-order valence-corrected chi connectivity index (χ1v) is 9.15. The van der Waals surface area contributed by atoms with E-state index in [0.717, 1.165) is 29.8 Å². The summed E-state index contributed by atoms with van der Waals surface area (Å²) in [6, 6.07) is 7.93. The van der Waals surface area contributed by atoms with Gasteiger partial charge in [0.15, 0.2) is 0 Å². The van der Waals surface area contributed by atoms with Crippen molar-refractivity contribution in [3.8, 4) is 0 Å². The Bertz CT molecular complexity index is 800. The van der Waals surface area contributed by atoms with Gasteiger partial charge in [-0.05, 0) is 25.0 Å². The topological polar surface area (TPSA) is 78.5 Å². The molecule has 0 unspecified atom stereocenters. The Morgan fingerprint density at radius 3 is 2.92 bits per heavy atom. The lowest BCUT2D eigenvalue weighted by molar-refractivity contribution is -0.147. The summed E-state index contributed by atoms with van der Waals surface area (Å²) in [5, 5.41) is 0. The smallest absolute Gasteiger partial charge is 0.310 e. The second-order valence-electron chi connectivity index (χ2n) is 7.17. The molecule has 1 aromatic carbocycles. The SMILES string of the molecule is CC[C@H]1[C@@H](C(=O)OC)C[C@H]2CN(Cc3nc4ccccc4[nH]3)CC(=O)N21. The summed E-state index contributed by atoms with van der Waals surface area (Å²) >= 11 is 0. The van der Waals surface area contributed by atoms with Crippen molar-refractivity contribution < 1.29 is 14.3 Å². The summed E-state index contributed by atoms with van der Waals surface area (Å²) in [6.45, 7) is 3.74. The molecule has 1 amide bonds. The van der Waals surface area contributed by atoms with Gasteiger partial charge in [-0.1, -0.05) is 19.1 Å². The summed E-state index contributed by atoms with van der Waals surface area (Å²) < 4.78 is 4.96. The summed E-state index contributed by atoms with van der Waals surface area (Å²) in [6.07, 6.45) is 1.44. The zero-order chi connectivity index (χ0) is 18.3. The number of rotatable bonds is 4. The van der Waals surface area contributed by atoms with Gasteiger partial charge in [0.2, 0.25) is 5.91 Å². The number of carbonyl (C=O) groups is 2. The Labute approximate surface area is 152 Å². The molecule has 1 N–H and O–H groups in total. The molecule has 0 bridgehead atoms. The van der Waals surface area contributed by atoms with E-state index in [1.54, 1.807) is 0 Å². The molecule has 7 heteroatoms. The minimum Gasteiger partial charge on any atom is -0.469 e. The molecule has 3 atom stereocenters. The third kappa shape index (κ3) is 2.86. The molecule has 0 radical (unpaired) electrons. The summed E-state index contributed by atoms with van der Waals surface area (Å²) in [7, 11) is 1.42. The number of nitrogens with zero attached hydrogens (tertiary/aromatic N) is 3. The molecular weight excluding hydrogens is 332 g/mol. The number of methoxy groups -OCH3 is 1. The van der Waals surface area contributed by atoms with Crippen LogP contribution in [-0.2, 0) is 20.9 Å². The fraction of sp³-hybridized carbons (Fsp3) is 0.526. The maximum Gasteiger partial charge on any atom is 0.310 e. The number of hydrogen-bond acceptors (Lipinski definition) is 5. The van der Waals surface area contributed by atoms with Crippen molar-refractivity contribution in [2.45, 2.75) is 38.4 Å². The second kappa shape index (κ2) is 6.72. The number of benzene rings is 1. The van der Waals surface area contributed by atoms with E-state index in [0.29, 0.717) is 19.5 Å². The molecule has 1 aromatic heterocycles. The average molecular weight is 356 g/mol. The fourth-order valence-corrected chi connectivity index (χ4v) is 4.51. The summed E-state index contributed by atoms with van der Waals surface area (Å²) in [4.78, 5) is 36.9. The van der Waals surface area contributed by atoms with E-state index in [1.807, 2.05) is 36.1 Å². The van der Waals surface area contributed by atoms with Crippen molar-refractivity contribution in [3.05, 3.63) is 30.1 Å². The van der Waals surface area contributed by atoms with E-state index in [9.17, 15) is 9.59 Å². The summed E-state index contributed by atoms with van der Waals surface area (Å²) in [5.74, 6) is 0.533. The quantitative estimate of drug-likeness (QED) is 0.841. The molecule has 0 spiro atoms. The predicted octanol–water partition coefficient (Wildman–Crippen LogP) is 1.55. The van der Waals surface area contributed by atoms with Crippen molar-refractivity contribution in [1.82, 2.24) is 19.8 Å². The minimum absolute atomic E-state index is 0.0479. The number of aromatic nitrogens is 2. The highest BCUT2D eigenvalue weighted by molar-refractivity contribution is 5.83. The van der Waals surface area contributed by atoms with Crippen molar-refractivity contribution >= 4 is 22.9 Å². The number of piperazine rings is 1. The molecule has 2 saturated heterocycles. The lowest BCUT2D eigenvalue weighted by atomic mass is 9.97. The molecule has 2 aliphatic heterocycles. The van der Waals surface area contributed by atoms with Crippen LogP contribution in [0.3, 0.4) is 0 Å². The van der Waals surface area contributed by atoms with Crippen LogP contribution in [0.1, 0.15) is 25.6 Å². The van der Waals surface area contributed by atoms with Crippen molar-refractivity contribution in [1.29, 1.82) is 0 Å². The highest BCUT2D eigenvalue weighted by Crippen LogP contribution is 2.35. The van der Waals surface area contributed by atoms with Gasteiger partial charge in [0.25, 0.3) is 0 Å². The molecule has 2 fully saturated rings. The number of ether oxygens (including phenoxy) is 1. The van der Waals surface area contributed by atoms with Crippen LogP contribution in [-0.4, -0.2) is 63.9 Å². The van der Waals surface area contributed by atoms with Crippen LogP contribution in [0.5, 0.6) is 0 Å². The van der Waals surface area contributed by atoms with E-state index in [2.05, 4.69) is 14.9 Å². The van der Waals surface area contributed by atoms with Crippen LogP contribution in [0.15, 0.2) is 24.3 Å². The maximum atomic E-state index is 12.8. The van der Waals surface area contributed by atoms with Crippen LogP contribution in [0.2, 0.25) is 0 Å².